The molecule has 4 rings (SSSR count). The molecule has 2 saturated carbocycles. The van der Waals surface area contributed by atoms with Gasteiger partial charge in [-0.05, 0) is 67.9 Å². The number of hydrogen-bond acceptors (Lipinski definition) is 5. The molecule has 2 aliphatic carbocycles. The zero-order valence-corrected chi connectivity index (χ0v) is 19.8. The third kappa shape index (κ3) is 4.62. The Balaban J connectivity index is 1.50. The average molecular weight is 459 g/mol. The third-order valence-electron chi connectivity index (χ3n) is 8.80. The van der Waals surface area contributed by atoms with Crippen molar-refractivity contribution < 1.29 is 24.5 Å². The topological polar surface area (TPSA) is 99.1 Å². The normalized spacial score (nSPS) is 36.2. The minimum Gasteiger partial charge on any atom is -0.445 e. The van der Waals surface area contributed by atoms with Gasteiger partial charge in [0, 0.05) is 30.6 Å². The second-order valence-electron chi connectivity index (χ2n) is 10.7. The second kappa shape index (κ2) is 9.63. The first-order valence-electron chi connectivity index (χ1n) is 12.4. The number of para-hydroxylation sites is 1. The number of likely N-dealkylation sites (tertiary alicyclic amines) is 1. The molecule has 1 heterocycles. The summed E-state index contributed by atoms with van der Waals surface area (Å²) in [6.07, 6.45) is 3.62. The summed E-state index contributed by atoms with van der Waals surface area (Å²) in [5, 5.41) is 24.3. The molecule has 7 nitrogen and oxygen atoms in total. The lowest BCUT2D eigenvalue weighted by Crippen LogP contribution is -2.61. The Bertz CT molecular complexity index is 842. The van der Waals surface area contributed by atoms with Crippen molar-refractivity contribution in [2.24, 2.45) is 22.7 Å². The predicted molar refractivity (Wildman–Crippen MR) is 126 cm³/mol. The molecule has 182 valence electrons. The molecule has 6 atom stereocenters. The maximum absolute atomic E-state index is 13.0. The minimum absolute atomic E-state index is 0.0399. The highest BCUT2D eigenvalue weighted by Gasteiger charge is 2.60. The fourth-order valence-corrected chi connectivity index (χ4v) is 6.86. The second-order valence-corrected chi connectivity index (χ2v) is 10.7. The molecular formula is C26H38N2O5. The number of amides is 2. The van der Waals surface area contributed by atoms with Crippen molar-refractivity contribution in [3.05, 3.63) is 30.3 Å². The SMILES string of the molecule is CC1(CO)C(OC(=O)Nc2ccccc2)CCC2(C)C(CC(=O)N3CCCC3)C(O)CCC12. The van der Waals surface area contributed by atoms with Crippen LogP contribution < -0.4 is 5.32 Å². The molecule has 33 heavy (non-hydrogen) atoms. The lowest BCUT2D eigenvalue weighted by atomic mass is 9.46. The van der Waals surface area contributed by atoms with Crippen molar-refractivity contribution in [3.8, 4) is 0 Å². The minimum atomic E-state index is -0.643. The van der Waals surface area contributed by atoms with Crippen molar-refractivity contribution in [1.82, 2.24) is 4.90 Å². The third-order valence-corrected chi connectivity index (χ3v) is 8.80. The van der Waals surface area contributed by atoms with Crippen molar-refractivity contribution in [2.45, 2.75) is 71.0 Å². The molecule has 1 aromatic rings. The molecular weight excluding hydrogens is 420 g/mol. The summed E-state index contributed by atoms with van der Waals surface area (Å²) < 4.78 is 5.87. The van der Waals surface area contributed by atoms with Gasteiger partial charge >= 0.3 is 6.09 Å². The van der Waals surface area contributed by atoms with Crippen LogP contribution in [0.4, 0.5) is 10.5 Å². The Morgan fingerprint density at radius 1 is 1.12 bits per heavy atom. The van der Waals surface area contributed by atoms with Crippen LogP contribution in [-0.4, -0.2) is 59.0 Å². The molecule has 0 bridgehead atoms. The number of rotatable bonds is 5. The quantitative estimate of drug-likeness (QED) is 0.623. The number of nitrogens with one attached hydrogen (secondary N) is 1. The van der Waals surface area contributed by atoms with E-state index < -0.39 is 23.7 Å². The molecule has 0 radical (unpaired) electrons. The van der Waals surface area contributed by atoms with E-state index >= 15 is 0 Å². The van der Waals surface area contributed by atoms with Gasteiger partial charge in [-0.15, -0.1) is 0 Å². The summed E-state index contributed by atoms with van der Waals surface area (Å²) >= 11 is 0. The van der Waals surface area contributed by atoms with E-state index in [0.717, 1.165) is 38.8 Å². The highest BCUT2D eigenvalue weighted by atomic mass is 16.6. The average Bonchev–Trinajstić information content (AvgIpc) is 3.34. The lowest BCUT2D eigenvalue weighted by molar-refractivity contribution is -0.186. The Kier molecular flexibility index (Phi) is 7.01. The van der Waals surface area contributed by atoms with Crippen LogP contribution >= 0.6 is 0 Å². The van der Waals surface area contributed by atoms with Gasteiger partial charge in [-0.1, -0.05) is 32.0 Å². The number of carbonyl (C=O) groups is 2. The standard InChI is InChI=1S/C26H38N2O5/c1-25-13-12-22(33-24(32)27-18-8-4-3-5-9-18)26(2,17-29)21(25)11-10-20(30)19(25)16-23(31)28-14-6-7-15-28/h3-5,8-9,19-22,29-30H,6-7,10-17H2,1-2H3,(H,27,32). The van der Waals surface area contributed by atoms with Crippen LogP contribution in [0.5, 0.6) is 0 Å². The summed E-state index contributed by atoms with van der Waals surface area (Å²) in [4.78, 5) is 27.5. The number of aliphatic hydroxyl groups excluding tert-OH is 2. The molecule has 1 saturated heterocycles. The number of hydrogen-bond donors (Lipinski definition) is 3. The lowest BCUT2D eigenvalue weighted by Gasteiger charge is -2.60. The smallest absolute Gasteiger partial charge is 0.411 e. The highest BCUT2D eigenvalue weighted by molar-refractivity contribution is 5.84. The number of nitrogens with zero attached hydrogens (tertiary/aromatic N) is 1. The summed E-state index contributed by atoms with van der Waals surface area (Å²) in [7, 11) is 0. The summed E-state index contributed by atoms with van der Waals surface area (Å²) in [5.74, 6) is 0.0112. The van der Waals surface area contributed by atoms with Crippen LogP contribution in [0, 0.1) is 22.7 Å². The summed E-state index contributed by atoms with van der Waals surface area (Å²) in [5.41, 5.74) is -0.286. The van der Waals surface area contributed by atoms with E-state index in [2.05, 4.69) is 12.2 Å². The van der Waals surface area contributed by atoms with Crippen LogP contribution in [0.25, 0.3) is 0 Å². The first kappa shape index (κ1) is 24.0. The predicted octanol–water partition coefficient (Wildman–Crippen LogP) is 3.80. The molecule has 3 fully saturated rings. The number of anilines is 1. The van der Waals surface area contributed by atoms with Gasteiger partial charge in [0.25, 0.3) is 0 Å². The number of carbonyl (C=O) groups excluding carboxylic acids is 2. The Labute approximate surface area is 196 Å². The van der Waals surface area contributed by atoms with Gasteiger partial charge in [0.15, 0.2) is 0 Å². The number of ether oxygens (including phenoxy) is 1. The Hall–Kier alpha value is -2.12. The van der Waals surface area contributed by atoms with E-state index in [0.29, 0.717) is 24.9 Å². The van der Waals surface area contributed by atoms with Gasteiger partial charge in [-0.2, -0.15) is 0 Å². The Morgan fingerprint density at radius 3 is 2.48 bits per heavy atom. The molecule has 1 aliphatic heterocycles. The van der Waals surface area contributed by atoms with Gasteiger partial charge in [-0.3, -0.25) is 10.1 Å². The monoisotopic (exact) mass is 458 g/mol. The van der Waals surface area contributed by atoms with E-state index in [4.69, 9.17) is 4.74 Å². The first-order chi connectivity index (χ1) is 15.8. The summed E-state index contributed by atoms with van der Waals surface area (Å²) in [6, 6.07) is 9.17. The zero-order chi connectivity index (χ0) is 23.6. The van der Waals surface area contributed by atoms with Gasteiger partial charge < -0.3 is 19.8 Å². The molecule has 3 N–H and O–H groups in total. The Morgan fingerprint density at radius 2 is 1.82 bits per heavy atom. The molecule has 0 aromatic heterocycles. The largest absolute Gasteiger partial charge is 0.445 e. The maximum atomic E-state index is 13.0. The van der Waals surface area contributed by atoms with Crippen molar-refractivity contribution >= 4 is 17.7 Å². The number of benzene rings is 1. The van der Waals surface area contributed by atoms with E-state index in [1.807, 2.05) is 30.0 Å². The number of fused-ring (bicyclic) bond motifs is 1. The van der Waals surface area contributed by atoms with Crippen molar-refractivity contribution in [2.75, 3.05) is 25.0 Å². The van der Waals surface area contributed by atoms with Crippen molar-refractivity contribution in [1.29, 1.82) is 0 Å². The molecule has 6 unspecified atom stereocenters. The number of aliphatic hydroxyl groups is 2. The van der Waals surface area contributed by atoms with Crippen LogP contribution in [-0.2, 0) is 9.53 Å². The van der Waals surface area contributed by atoms with Gasteiger partial charge in [-0.25, -0.2) is 4.79 Å². The van der Waals surface area contributed by atoms with Gasteiger partial charge in [0.1, 0.15) is 6.10 Å². The van der Waals surface area contributed by atoms with Gasteiger partial charge in [0.2, 0.25) is 5.91 Å². The van der Waals surface area contributed by atoms with E-state index in [-0.39, 0.29) is 29.8 Å². The molecule has 1 aromatic carbocycles. The first-order valence-corrected chi connectivity index (χ1v) is 12.4. The van der Waals surface area contributed by atoms with Gasteiger partial charge in [0.05, 0.1) is 12.7 Å². The van der Waals surface area contributed by atoms with E-state index in [9.17, 15) is 19.8 Å². The fourth-order valence-electron chi connectivity index (χ4n) is 6.86. The van der Waals surface area contributed by atoms with Crippen LogP contribution in [0.2, 0.25) is 0 Å². The van der Waals surface area contributed by atoms with E-state index in [1.54, 1.807) is 12.1 Å². The highest BCUT2D eigenvalue weighted by Crippen LogP contribution is 2.61. The van der Waals surface area contributed by atoms with Crippen LogP contribution in [0.3, 0.4) is 0 Å². The fraction of sp³-hybridized carbons (Fsp3) is 0.692. The maximum Gasteiger partial charge on any atom is 0.411 e. The molecule has 3 aliphatic rings. The molecule has 7 heteroatoms. The molecule has 2 amide bonds. The van der Waals surface area contributed by atoms with Crippen molar-refractivity contribution in [3.63, 3.8) is 0 Å². The van der Waals surface area contributed by atoms with Crippen LogP contribution in [0.15, 0.2) is 30.3 Å². The van der Waals surface area contributed by atoms with E-state index in [1.165, 1.54) is 0 Å². The molecule has 0 spiro atoms. The van der Waals surface area contributed by atoms with Crippen LogP contribution in [0.1, 0.15) is 58.8 Å². The summed E-state index contributed by atoms with van der Waals surface area (Å²) in [6.45, 7) is 5.66. The zero-order valence-electron chi connectivity index (χ0n) is 19.8.